The number of rotatable bonds is 6. The predicted molar refractivity (Wildman–Crippen MR) is 123 cm³/mol. The number of hydrogen-bond donors (Lipinski definition) is 3. The molecule has 3 N–H and O–H groups in total. The van der Waals surface area contributed by atoms with Gasteiger partial charge in [-0.05, 0) is 70.1 Å². The van der Waals surface area contributed by atoms with Gasteiger partial charge in [-0.25, -0.2) is 0 Å². The highest BCUT2D eigenvalue weighted by Gasteiger charge is 2.26. The van der Waals surface area contributed by atoms with Gasteiger partial charge >= 0.3 is 0 Å². The van der Waals surface area contributed by atoms with Crippen molar-refractivity contribution < 1.29 is 18.8 Å². The van der Waals surface area contributed by atoms with Gasteiger partial charge in [0.25, 0.3) is 0 Å². The first-order valence-corrected chi connectivity index (χ1v) is 11.4. The van der Waals surface area contributed by atoms with Crippen LogP contribution in [0.15, 0.2) is 22.7 Å². The number of anilines is 2. The van der Waals surface area contributed by atoms with Gasteiger partial charge in [0, 0.05) is 25.1 Å². The fraction of sp³-hybridized carbons (Fsp3) is 0.542. The molecule has 1 aromatic carbocycles. The van der Waals surface area contributed by atoms with Gasteiger partial charge in [0.1, 0.15) is 11.8 Å². The third-order valence-corrected chi connectivity index (χ3v) is 6.51. The molecule has 0 unspecified atom stereocenters. The van der Waals surface area contributed by atoms with Crippen LogP contribution in [0.1, 0.15) is 56.4 Å². The van der Waals surface area contributed by atoms with Gasteiger partial charge < -0.3 is 25.2 Å². The van der Waals surface area contributed by atoms with Gasteiger partial charge in [-0.1, -0.05) is 11.2 Å². The van der Waals surface area contributed by atoms with Gasteiger partial charge in [0.05, 0.1) is 23.2 Å². The van der Waals surface area contributed by atoms with Gasteiger partial charge in [0.15, 0.2) is 0 Å². The molecule has 8 nitrogen and oxygen atoms in total. The summed E-state index contributed by atoms with van der Waals surface area (Å²) in [6, 6.07) is 5.78. The molecule has 2 amide bonds. The zero-order valence-corrected chi connectivity index (χ0v) is 19.0. The van der Waals surface area contributed by atoms with E-state index < -0.39 is 6.04 Å². The summed E-state index contributed by atoms with van der Waals surface area (Å²) in [6.45, 7) is 3.79. The number of methoxy groups -OCH3 is 1. The molecule has 2 fully saturated rings. The fourth-order valence-electron chi connectivity index (χ4n) is 4.71. The minimum atomic E-state index is -0.510. The van der Waals surface area contributed by atoms with E-state index in [1.807, 2.05) is 32.0 Å². The maximum Gasteiger partial charge on any atom is 0.247 e. The number of carbonyl (C=O) groups is 2. The van der Waals surface area contributed by atoms with Crippen molar-refractivity contribution in [2.24, 2.45) is 0 Å². The molecule has 1 saturated carbocycles. The van der Waals surface area contributed by atoms with Crippen LogP contribution in [0.5, 0.6) is 0 Å². The van der Waals surface area contributed by atoms with Crippen LogP contribution in [0.4, 0.5) is 11.4 Å². The lowest BCUT2D eigenvalue weighted by Crippen LogP contribution is -2.46. The van der Waals surface area contributed by atoms with E-state index in [9.17, 15) is 9.59 Å². The van der Waals surface area contributed by atoms with E-state index in [4.69, 9.17) is 9.26 Å². The average Bonchev–Trinajstić information content (AvgIpc) is 3.13. The summed E-state index contributed by atoms with van der Waals surface area (Å²) in [6.07, 6.45) is 6.21. The van der Waals surface area contributed by atoms with Gasteiger partial charge in [0.2, 0.25) is 11.8 Å². The van der Waals surface area contributed by atoms with Crippen LogP contribution in [0, 0.1) is 13.8 Å². The average molecular weight is 441 g/mol. The zero-order valence-electron chi connectivity index (χ0n) is 19.0. The Kier molecular flexibility index (Phi) is 6.79. The summed E-state index contributed by atoms with van der Waals surface area (Å²) in [7, 11) is 1.77. The SMILES string of the molecule is COC1CCC(Nc2ccc(-c3c(C)noc3C)cc2NC(=O)[C@@H]2CCCC(=O)N2)CC1. The lowest BCUT2D eigenvalue weighted by molar-refractivity contribution is -0.128. The summed E-state index contributed by atoms with van der Waals surface area (Å²) in [4.78, 5) is 24.7. The number of carbonyl (C=O) groups excluding carboxylic acids is 2. The number of piperidine rings is 1. The molecule has 1 atom stereocenters. The second-order valence-electron chi connectivity index (χ2n) is 8.81. The molecule has 2 aromatic rings. The molecule has 1 aliphatic heterocycles. The number of aromatic nitrogens is 1. The third-order valence-electron chi connectivity index (χ3n) is 6.51. The van der Waals surface area contributed by atoms with E-state index in [1.165, 1.54) is 0 Å². The Morgan fingerprint density at radius 2 is 1.94 bits per heavy atom. The zero-order chi connectivity index (χ0) is 22.7. The molecule has 172 valence electrons. The van der Waals surface area contributed by atoms with Crippen molar-refractivity contribution in [3.05, 3.63) is 29.7 Å². The Morgan fingerprint density at radius 1 is 1.16 bits per heavy atom. The highest BCUT2D eigenvalue weighted by Crippen LogP contribution is 2.34. The largest absolute Gasteiger partial charge is 0.381 e. The summed E-state index contributed by atoms with van der Waals surface area (Å²) in [5, 5.41) is 13.5. The Balaban J connectivity index is 1.58. The molecule has 0 bridgehead atoms. The van der Waals surface area contributed by atoms with Crippen molar-refractivity contribution in [2.75, 3.05) is 17.7 Å². The number of amides is 2. The van der Waals surface area contributed by atoms with Crippen molar-refractivity contribution >= 4 is 23.2 Å². The number of ether oxygens (including phenoxy) is 1. The van der Waals surface area contributed by atoms with Gasteiger partial charge in [-0.15, -0.1) is 0 Å². The first kappa shape index (κ1) is 22.3. The number of nitrogens with zero attached hydrogens (tertiary/aromatic N) is 1. The molecule has 1 saturated heterocycles. The van der Waals surface area contributed by atoms with Gasteiger partial charge in [-0.3, -0.25) is 9.59 Å². The molecule has 8 heteroatoms. The first-order valence-electron chi connectivity index (χ1n) is 11.4. The van der Waals surface area contributed by atoms with Crippen molar-refractivity contribution in [1.29, 1.82) is 0 Å². The maximum absolute atomic E-state index is 13.0. The number of nitrogens with one attached hydrogen (secondary N) is 3. The topological polar surface area (TPSA) is 105 Å². The van der Waals surface area contributed by atoms with Crippen molar-refractivity contribution in [2.45, 2.75) is 77.0 Å². The fourth-order valence-corrected chi connectivity index (χ4v) is 4.71. The number of hydrogen-bond acceptors (Lipinski definition) is 6. The quantitative estimate of drug-likeness (QED) is 0.628. The monoisotopic (exact) mass is 440 g/mol. The lowest BCUT2D eigenvalue weighted by Gasteiger charge is -2.30. The van der Waals surface area contributed by atoms with Crippen LogP contribution in [-0.4, -0.2) is 42.3 Å². The number of benzene rings is 1. The standard InChI is InChI=1S/C24H32N4O4/c1-14-23(15(2)32-28-14)16-7-12-19(25-17-8-10-18(31-3)11-9-17)21(13-16)27-24(30)20-5-4-6-22(29)26-20/h7,12-13,17-18,20,25H,4-6,8-11H2,1-3H3,(H,26,29)(H,27,30)/t17?,18?,20-/m0/s1. The molecule has 1 aliphatic carbocycles. The molecule has 1 aromatic heterocycles. The minimum absolute atomic E-state index is 0.0749. The highest BCUT2D eigenvalue weighted by atomic mass is 16.5. The molecule has 0 spiro atoms. The highest BCUT2D eigenvalue weighted by molar-refractivity contribution is 6.00. The van der Waals surface area contributed by atoms with E-state index >= 15 is 0 Å². The maximum atomic E-state index is 13.0. The smallest absolute Gasteiger partial charge is 0.247 e. The van der Waals surface area contributed by atoms with Crippen molar-refractivity contribution in [3.63, 3.8) is 0 Å². The molecule has 2 heterocycles. The molecular formula is C24H32N4O4. The normalized spacial score (nSPS) is 23.5. The second-order valence-corrected chi connectivity index (χ2v) is 8.81. The Bertz CT molecular complexity index is 959. The first-order chi connectivity index (χ1) is 15.4. The molecule has 32 heavy (non-hydrogen) atoms. The molecular weight excluding hydrogens is 408 g/mol. The van der Waals surface area contributed by atoms with Crippen LogP contribution in [0.3, 0.4) is 0 Å². The Labute approximate surface area is 188 Å². The minimum Gasteiger partial charge on any atom is -0.381 e. The van der Waals surface area contributed by atoms with E-state index in [0.717, 1.165) is 60.4 Å². The van der Waals surface area contributed by atoms with Crippen LogP contribution in [0.2, 0.25) is 0 Å². The van der Waals surface area contributed by atoms with Crippen molar-refractivity contribution in [1.82, 2.24) is 10.5 Å². The van der Waals surface area contributed by atoms with E-state index in [2.05, 4.69) is 21.1 Å². The lowest BCUT2D eigenvalue weighted by atomic mass is 9.92. The van der Waals surface area contributed by atoms with Crippen LogP contribution in [-0.2, 0) is 14.3 Å². The molecule has 2 aliphatic rings. The third kappa shape index (κ3) is 4.96. The number of aryl methyl sites for hydroxylation is 2. The van der Waals surface area contributed by atoms with Crippen molar-refractivity contribution in [3.8, 4) is 11.1 Å². The Hall–Kier alpha value is -2.87. The van der Waals surface area contributed by atoms with Gasteiger partial charge in [-0.2, -0.15) is 0 Å². The Morgan fingerprint density at radius 3 is 2.59 bits per heavy atom. The summed E-state index contributed by atoms with van der Waals surface area (Å²) >= 11 is 0. The molecule has 4 rings (SSSR count). The van der Waals surface area contributed by atoms with Crippen LogP contribution in [0.25, 0.3) is 11.1 Å². The summed E-state index contributed by atoms with van der Waals surface area (Å²) in [5.74, 6) is 0.465. The molecule has 0 radical (unpaired) electrons. The second kappa shape index (κ2) is 9.73. The summed E-state index contributed by atoms with van der Waals surface area (Å²) in [5.41, 5.74) is 4.23. The van der Waals surface area contributed by atoms with Crippen LogP contribution < -0.4 is 16.0 Å². The van der Waals surface area contributed by atoms with E-state index in [0.29, 0.717) is 30.7 Å². The predicted octanol–water partition coefficient (Wildman–Crippen LogP) is 3.94. The van der Waals surface area contributed by atoms with E-state index in [-0.39, 0.29) is 11.8 Å². The van der Waals surface area contributed by atoms with E-state index in [1.54, 1.807) is 7.11 Å². The summed E-state index contributed by atoms with van der Waals surface area (Å²) < 4.78 is 10.8. The van der Waals surface area contributed by atoms with Crippen LogP contribution >= 0.6 is 0 Å².